The van der Waals surface area contributed by atoms with Crippen molar-refractivity contribution in [1.29, 1.82) is 0 Å². The summed E-state index contributed by atoms with van der Waals surface area (Å²) in [6, 6.07) is 17.6. The van der Waals surface area contributed by atoms with Crippen LogP contribution in [0.4, 0.5) is 0 Å². The lowest BCUT2D eigenvalue weighted by atomic mass is 9.97. The number of ether oxygens (including phenoxy) is 1. The molecule has 2 nitrogen and oxygen atoms in total. The number of rotatable bonds is 10. The van der Waals surface area contributed by atoms with Gasteiger partial charge in [0.05, 0.1) is 7.11 Å². The van der Waals surface area contributed by atoms with Crippen molar-refractivity contribution in [1.82, 2.24) is 4.90 Å². The first-order chi connectivity index (χ1) is 12.5. The first-order valence-electron chi connectivity index (χ1n) is 9.98. The Morgan fingerprint density at radius 2 is 1.65 bits per heavy atom. The highest BCUT2D eigenvalue weighted by atomic mass is 16.5. The van der Waals surface area contributed by atoms with E-state index in [0.717, 1.165) is 31.8 Å². The van der Waals surface area contributed by atoms with Crippen LogP contribution in [0.25, 0.3) is 0 Å². The average molecular weight is 354 g/mol. The molecule has 0 fully saturated rings. The van der Waals surface area contributed by atoms with Gasteiger partial charge in [0.15, 0.2) is 0 Å². The van der Waals surface area contributed by atoms with Crippen LogP contribution in [-0.2, 0) is 6.54 Å². The maximum absolute atomic E-state index is 5.36. The van der Waals surface area contributed by atoms with Gasteiger partial charge in [-0.25, -0.2) is 0 Å². The first kappa shape index (κ1) is 20.5. The quantitative estimate of drug-likeness (QED) is 0.502. The van der Waals surface area contributed by atoms with E-state index < -0.39 is 0 Å². The Morgan fingerprint density at radius 3 is 2.27 bits per heavy atom. The van der Waals surface area contributed by atoms with E-state index in [-0.39, 0.29) is 0 Å². The van der Waals surface area contributed by atoms with Crippen LogP contribution >= 0.6 is 0 Å². The number of hydrogen-bond acceptors (Lipinski definition) is 2. The zero-order chi connectivity index (χ0) is 18.9. The highest BCUT2D eigenvalue weighted by Crippen LogP contribution is 2.24. The molecule has 0 aliphatic rings. The molecule has 2 aromatic carbocycles. The summed E-state index contributed by atoms with van der Waals surface area (Å²) in [5.41, 5.74) is 4.20. The SMILES string of the molecule is CCCN(CCC(C)c1cccc(OC)c1)Cc1ccc(C(C)C)cc1. The molecule has 0 bridgehead atoms. The van der Waals surface area contributed by atoms with Gasteiger partial charge in [0.1, 0.15) is 5.75 Å². The molecule has 0 aliphatic carbocycles. The molecule has 0 N–H and O–H groups in total. The highest BCUT2D eigenvalue weighted by Gasteiger charge is 2.11. The van der Waals surface area contributed by atoms with E-state index in [0.29, 0.717) is 11.8 Å². The molecule has 142 valence electrons. The molecule has 0 aromatic heterocycles. The third kappa shape index (κ3) is 6.17. The summed E-state index contributed by atoms with van der Waals surface area (Å²) in [5, 5.41) is 0. The van der Waals surface area contributed by atoms with E-state index in [1.165, 1.54) is 23.1 Å². The maximum atomic E-state index is 5.36. The molecule has 26 heavy (non-hydrogen) atoms. The monoisotopic (exact) mass is 353 g/mol. The Hall–Kier alpha value is -1.80. The van der Waals surface area contributed by atoms with Crippen LogP contribution in [0.2, 0.25) is 0 Å². The van der Waals surface area contributed by atoms with Crippen molar-refractivity contribution < 1.29 is 4.74 Å². The van der Waals surface area contributed by atoms with Crippen LogP contribution in [-0.4, -0.2) is 25.1 Å². The molecular weight excluding hydrogens is 318 g/mol. The van der Waals surface area contributed by atoms with Crippen LogP contribution in [0.15, 0.2) is 48.5 Å². The van der Waals surface area contributed by atoms with Gasteiger partial charge in [-0.3, -0.25) is 4.90 Å². The van der Waals surface area contributed by atoms with Crippen molar-refractivity contribution in [3.8, 4) is 5.75 Å². The third-order valence-electron chi connectivity index (χ3n) is 5.13. The van der Waals surface area contributed by atoms with Crippen LogP contribution in [0, 0.1) is 0 Å². The van der Waals surface area contributed by atoms with E-state index in [9.17, 15) is 0 Å². The number of benzene rings is 2. The van der Waals surface area contributed by atoms with E-state index >= 15 is 0 Å². The summed E-state index contributed by atoms with van der Waals surface area (Å²) < 4.78 is 5.36. The van der Waals surface area contributed by atoms with Crippen molar-refractivity contribution in [2.75, 3.05) is 20.2 Å². The molecule has 0 amide bonds. The van der Waals surface area contributed by atoms with E-state index in [1.54, 1.807) is 7.11 Å². The normalized spacial score (nSPS) is 12.6. The maximum Gasteiger partial charge on any atom is 0.119 e. The Balaban J connectivity index is 1.94. The second-order valence-electron chi connectivity index (χ2n) is 7.64. The van der Waals surface area contributed by atoms with Gasteiger partial charge in [-0.05, 0) is 66.6 Å². The van der Waals surface area contributed by atoms with Crippen LogP contribution in [0.1, 0.15) is 69.1 Å². The van der Waals surface area contributed by atoms with Gasteiger partial charge >= 0.3 is 0 Å². The minimum atomic E-state index is 0.535. The van der Waals surface area contributed by atoms with E-state index in [2.05, 4.69) is 75.1 Å². The lowest BCUT2D eigenvalue weighted by molar-refractivity contribution is 0.256. The number of nitrogens with zero attached hydrogens (tertiary/aromatic N) is 1. The van der Waals surface area contributed by atoms with Crippen molar-refractivity contribution in [2.24, 2.45) is 0 Å². The van der Waals surface area contributed by atoms with Crippen LogP contribution in [0.3, 0.4) is 0 Å². The fraction of sp³-hybridized carbons (Fsp3) is 0.500. The molecular formula is C24H35NO. The Morgan fingerprint density at radius 1 is 0.923 bits per heavy atom. The summed E-state index contributed by atoms with van der Waals surface area (Å²) >= 11 is 0. The van der Waals surface area contributed by atoms with Crippen molar-refractivity contribution in [2.45, 2.75) is 58.9 Å². The van der Waals surface area contributed by atoms with E-state index in [4.69, 9.17) is 4.74 Å². The lowest BCUT2D eigenvalue weighted by Crippen LogP contribution is -2.26. The van der Waals surface area contributed by atoms with E-state index in [1.807, 2.05) is 6.07 Å². The van der Waals surface area contributed by atoms with Gasteiger partial charge in [0.2, 0.25) is 0 Å². The average Bonchev–Trinajstić information content (AvgIpc) is 2.66. The standard InChI is InChI=1S/C24H35NO/c1-6-15-25(18-21-10-12-22(13-11-21)19(2)3)16-14-20(4)23-8-7-9-24(17-23)26-5/h7-13,17,19-20H,6,14-16,18H2,1-5H3. The Bertz CT molecular complexity index is 648. The summed E-state index contributed by atoms with van der Waals surface area (Å²) in [6.07, 6.45) is 2.36. The van der Waals surface area contributed by atoms with Crippen LogP contribution < -0.4 is 4.74 Å². The second-order valence-corrected chi connectivity index (χ2v) is 7.64. The third-order valence-corrected chi connectivity index (χ3v) is 5.13. The van der Waals surface area contributed by atoms with Crippen molar-refractivity contribution >= 4 is 0 Å². The molecule has 0 saturated carbocycles. The predicted molar refractivity (Wildman–Crippen MR) is 112 cm³/mol. The zero-order valence-corrected chi connectivity index (χ0v) is 17.2. The minimum Gasteiger partial charge on any atom is -0.497 e. The van der Waals surface area contributed by atoms with Gasteiger partial charge in [-0.2, -0.15) is 0 Å². The van der Waals surface area contributed by atoms with Crippen molar-refractivity contribution in [3.05, 3.63) is 65.2 Å². The molecule has 0 spiro atoms. The van der Waals surface area contributed by atoms with Crippen LogP contribution in [0.5, 0.6) is 5.75 Å². The zero-order valence-electron chi connectivity index (χ0n) is 17.2. The lowest BCUT2D eigenvalue weighted by Gasteiger charge is -2.24. The molecule has 1 atom stereocenters. The van der Waals surface area contributed by atoms with Gasteiger partial charge < -0.3 is 4.74 Å². The van der Waals surface area contributed by atoms with Gasteiger partial charge in [-0.15, -0.1) is 0 Å². The summed E-state index contributed by atoms with van der Waals surface area (Å²) in [7, 11) is 1.73. The number of methoxy groups -OCH3 is 1. The second kappa shape index (κ2) is 10.4. The highest BCUT2D eigenvalue weighted by molar-refractivity contribution is 5.30. The number of hydrogen-bond donors (Lipinski definition) is 0. The predicted octanol–water partition coefficient (Wildman–Crippen LogP) is 6.22. The summed E-state index contributed by atoms with van der Waals surface area (Å²) in [4.78, 5) is 2.58. The molecule has 0 saturated heterocycles. The van der Waals surface area contributed by atoms with Gasteiger partial charge in [0.25, 0.3) is 0 Å². The first-order valence-corrected chi connectivity index (χ1v) is 9.98. The fourth-order valence-electron chi connectivity index (χ4n) is 3.34. The molecule has 2 aromatic rings. The summed E-state index contributed by atoms with van der Waals surface area (Å²) in [5.74, 6) is 2.08. The molecule has 2 rings (SSSR count). The molecule has 1 unspecified atom stereocenters. The van der Waals surface area contributed by atoms with Crippen molar-refractivity contribution in [3.63, 3.8) is 0 Å². The largest absolute Gasteiger partial charge is 0.497 e. The molecule has 0 aliphatic heterocycles. The molecule has 0 radical (unpaired) electrons. The molecule has 0 heterocycles. The van der Waals surface area contributed by atoms with Gasteiger partial charge in [-0.1, -0.05) is 64.1 Å². The molecule has 2 heteroatoms. The summed E-state index contributed by atoms with van der Waals surface area (Å²) in [6.45, 7) is 12.4. The Labute approximate surface area is 160 Å². The smallest absolute Gasteiger partial charge is 0.119 e. The fourth-order valence-corrected chi connectivity index (χ4v) is 3.34. The van der Waals surface area contributed by atoms with Gasteiger partial charge in [0, 0.05) is 6.54 Å². The minimum absolute atomic E-state index is 0.535. The topological polar surface area (TPSA) is 12.5 Å². The Kier molecular flexibility index (Phi) is 8.18.